The van der Waals surface area contributed by atoms with Gasteiger partial charge in [0, 0.05) is 10.7 Å². The molecule has 1 aromatic heterocycles. The fraction of sp³-hybridized carbons (Fsp3) is 0.0870. The van der Waals surface area contributed by atoms with Gasteiger partial charge in [0.25, 0.3) is 5.91 Å². The lowest BCUT2D eigenvalue weighted by molar-refractivity contribution is -0.121. The van der Waals surface area contributed by atoms with Crippen molar-refractivity contribution in [3.8, 4) is 17.2 Å². The highest BCUT2D eigenvalue weighted by molar-refractivity contribution is 7.80. The van der Waals surface area contributed by atoms with E-state index in [1.54, 1.807) is 36.4 Å². The van der Waals surface area contributed by atoms with E-state index in [-0.39, 0.29) is 28.2 Å². The molecule has 0 saturated carbocycles. The van der Waals surface area contributed by atoms with Crippen LogP contribution in [0.25, 0.3) is 22.6 Å². The lowest BCUT2D eigenvalue weighted by Crippen LogP contribution is -2.37. The highest BCUT2D eigenvalue weighted by Gasteiger charge is 2.16. The molecule has 2 N–H and O–H groups in total. The molecule has 4 aromatic rings. The van der Waals surface area contributed by atoms with Crippen LogP contribution in [0, 0.1) is 18.6 Å². The van der Waals surface area contributed by atoms with Crippen molar-refractivity contribution in [2.75, 3.05) is 11.9 Å². The monoisotopic (exact) mass is 521 g/mol. The average molecular weight is 522 g/mol. The van der Waals surface area contributed by atoms with Crippen LogP contribution in [-0.2, 0) is 4.79 Å². The summed E-state index contributed by atoms with van der Waals surface area (Å²) < 4.78 is 38.0. The van der Waals surface area contributed by atoms with Crippen molar-refractivity contribution < 1.29 is 22.7 Å². The molecule has 6 nitrogen and oxygen atoms in total. The number of carbonyl (C=O) groups excluding carboxylic acids is 1. The third-order valence-corrected chi connectivity index (χ3v) is 5.58. The van der Waals surface area contributed by atoms with Gasteiger partial charge in [0.15, 0.2) is 28.9 Å². The van der Waals surface area contributed by atoms with Crippen molar-refractivity contribution in [2.45, 2.75) is 6.92 Å². The number of oxazole rings is 1. The van der Waals surface area contributed by atoms with Crippen molar-refractivity contribution in [3.63, 3.8) is 0 Å². The van der Waals surface area contributed by atoms with Gasteiger partial charge in [0.2, 0.25) is 5.89 Å². The first-order chi connectivity index (χ1) is 16.2. The van der Waals surface area contributed by atoms with E-state index >= 15 is 0 Å². The molecule has 1 amide bonds. The normalized spacial score (nSPS) is 10.9. The maximum atomic E-state index is 13.6. The van der Waals surface area contributed by atoms with E-state index in [1.165, 1.54) is 0 Å². The minimum absolute atomic E-state index is 0.0292. The zero-order chi connectivity index (χ0) is 24.4. The number of nitrogens with one attached hydrogen (secondary N) is 2. The number of aryl methyl sites for hydroxylation is 1. The van der Waals surface area contributed by atoms with E-state index in [4.69, 9.17) is 44.6 Å². The van der Waals surface area contributed by atoms with Crippen LogP contribution in [0.1, 0.15) is 5.56 Å². The largest absolute Gasteiger partial charge is 0.484 e. The average Bonchev–Trinajstić information content (AvgIpc) is 3.20. The summed E-state index contributed by atoms with van der Waals surface area (Å²) in [7, 11) is 0. The van der Waals surface area contributed by atoms with E-state index in [0.717, 1.165) is 17.7 Å². The lowest BCUT2D eigenvalue weighted by atomic mass is 10.2. The molecule has 0 fully saturated rings. The first-order valence-electron chi connectivity index (χ1n) is 9.75. The molecule has 0 unspecified atom stereocenters. The number of halogens is 4. The van der Waals surface area contributed by atoms with E-state index in [1.807, 2.05) is 6.92 Å². The van der Waals surface area contributed by atoms with Gasteiger partial charge in [-0.25, -0.2) is 13.8 Å². The number of nitrogens with zero attached hydrogens (tertiary/aromatic N) is 1. The number of anilines is 1. The summed E-state index contributed by atoms with van der Waals surface area (Å²) in [5, 5.41) is 5.99. The quantitative estimate of drug-likeness (QED) is 0.237. The fourth-order valence-electron chi connectivity index (χ4n) is 2.99. The van der Waals surface area contributed by atoms with Crippen molar-refractivity contribution in [2.24, 2.45) is 0 Å². The molecule has 0 atom stereocenters. The molecule has 0 radical (unpaired) electrons. The highest BCUT2D eigenvalue weighted by Crippen LogP contribution is 2.32. The Hall–Kier alpha value is -3.27. The minimum atomic E-state index is -1.07. The summed E-state index contributed by atoms with van der Waals surface area (Å²) in [5.41, 5.74) is 2.27. The summed E-state index contributed by atoms with van der Waals surface area (Å²) >= 11 is 17.1. The molecule has 3 aromatic carbocycles. The fourth-order valence-corrected chi connectivity index (χ4v) is 3.57. The van der Waals surface area contributed by atoms with E-state index in [9.17, 15) is 13.6 Å². The Bertz CT molecular complexity index is 1430. The topological polar surface area (TPSA) is 76.4 Å². The van der Waals surface area contributed by atoms with Crippen LogP contribution < -0.4 is 15.4 Å². The second-order valence-corrected chi connectivity index (χ2v) is 8.37. The van der Waals surface area contributed by atoms with Gasteiger partial charge in [-0.1, -0.05) is 23.2 Å². The molecule has 0 saturated heterocycles. The van der Waals surface area contributed by atoms with Crippen LogP contribution in [0.15, 0.2) is 52.9 Å². The first-order valence-corrected chi connectivity index (χ1v) is 10.9. The minimum Gasteiger partial charge on any atom is -0.484 e. The maximum absolute atomic E-state index is 13.6. The Morgan fingerprint density at radius 3 is 2.62 bits per heavy atom. The van der Waals surface area contributed by atoms with Gasteiger partial charge in [0.1, 0.15) is 11.3 Å². The number of thiocarbonyl (C=S) groups is 1. The van der Waals surface area contributed by atoms with E-state index in [0.29, 0.717) is 27.6 Å². The van der Waals surface area contributed by atoms with Gasteiger partial charge >= 0.3 is 0 Å². The molecule has 1 heterocycles. The van der Waals surface area contributed by atoms with Crippen LogP contribution in [0.2, 0.25) is 10.0 Å². The number of hydrogen-bond donors (Lipinski definition) is 2. The van der Waals surface area contributed by atoms with Gasteiger partial charge in [-0.3, -0.25) is 10.1 Å². The summed E-state index contributed by atoms with van der Waals surface area (Å²) in [6.07, 6.45) is 0. The summed E-state index contributed by atoms with van der Waals surface area (Å²) in [6, 6.07) is 11.7. The van der Waals surface area contributed by atoms with E-state index < -0.39 is 17.5 Å². The highest BCUT2D eigenvalue weighted by atomic mass is 35.5. The van der Waals surface area contributed by atoms with Gasteiger partial charge in [0.05, 0.1) is 10.6 Å². The summed E-state index contributed by atoms with van der Waals surface area (Å²) in [5.74, 6) is -2.06. The predicted molar refractivity (Wildman–Crippen MR) is 130 cm³/mol. The number of aromatic nitrogens is 1. The smallest absolute Gasteiger partial charge is 0.264 e. The number of ether oxygens (including phenoxy) is 1. The number of rotatable bonds is 5. The van der Waals surface area contributed by atoms with E-state index in [2.05, 4.69) is 15.6 Å². The molecule has 0 aliphatic carbocycles. The molecule has 4 rings (SSSR count). The number of carbonyl (C=O) groups is 1. The molecular formula is C23H15Cl2F2N3O3S. The Kier molecular flexibility index (Phi) is 6.97. The van der Waals surface area contributed by atoms with Crippen LogP contribution in [0.4, 0.5) is 14.5 Å². The molecule has 174 valence electrons. The number of hydrogen-bond acceptors (Lipinski definition) is 5. The molecule has 0 aliphatic rings. The number of fused-ring (bicyclic) bond motifs is 1. The first kappa shape index (κ1) is 23.9. The van der Waals surface area contributed by atoms with Gasteiger partial charge < -0.3 is 14.5 Å². The summed E-state index contributed by atoms with van der Waals surface area (Å²) in [6.45, 7) is 1.58. The SMILES string of the molecule is Cc1cc(OCC(=O)NC(=S)Nc2ccc3oc(-c4cc(F)c(F)cc4Cl)nc3c2)ccc1Cl. The Labute approximate surface area is 207 Å². The third-order valence-electron chi connectivity index (χ3n) is 4.64. The summed E-state index contributed by atoms with van der Waals surface area (Å²) in [4.78, 5) is 16.4. The number of benzene rings is 3. The number of amides is 1. The van der Waals surface area contributed by atoms with Gasteiger partial charge in [-0.15, -0.1) is 0 Å². The second kappa shape index (κ2) is 9.92. The van der Waals surface area contributed by atoms with Crippen molar-refractivity contribution >= 4 is 63.2 Å². The van der Waals surface area contributed by atoms with Crippen molar-refractivity contribution in [1.82, 2.24) is 10.3 Å². The Balaban J connectivity index is 1.40. The predicted octanol–water partition coefficient (Wildman–Crippen LogP) is 6.28. The second-order valence-electron chi connectivity index (χ2n) is 7.15. The molecule has 0 spiro atoms. The van der Waals surface area contributed by atoms with Crippen LogP contribution in [0.3, 0.4) is 0 Å². The van der Waals surface area contributed by atoms with Crippen LogP contribution in [0.5, 0.6) is 5.75 Å². The Morgan fingerprint density at radius 2 is 1.85 bits per heavy atom. The van der Waals surface area contributed by atoms with Crippen molar-refractivity contribution in [1.29, 1.82) is 0 Å². The zero-order valence-electron chi connectivity index (χ0n) is 17.4. The van der Waals surface area contributed by atoms with Gasteiger partial charge in [-0.05, 0) is 73.2 Å². The third kappa shape index (κ3) is 5.44. The van der Waals surface area contributed by atoms with Crippen LogP contribution in [-0.4, -0.2) is 22.6 Å². The standard InChI is InChI=1S/C23H15Cl2F2N3O3S/c1-11-6-13(3-4-15(11)24)32-10-21(31)30-23(34)28-12-2-5-20-19(7-12)29-22(33-20)14-8-17(26)18(27)9-16(14)25/h2-9H,10H2,1H3,(H2,28,30,31,34). The molecule has 34 heavy (non-hydrogen) atoms. The Morgan fingerprint density at radius 1 is 1.09 bits per heavy atom. The molecule has 0 aliphatic heterocycles. The van der Waals surface area contributed by atoms with Crippen LogP contribution >= 0.6 is 35.4 Å². The molecule has 0 bridgehead atoms. The zero-order valence-corrected chi connectivity index (χ0v) is 19.7. The molecule has 11 heteroatoms. The van der Waals surface area contributed by atoms with Gasteiger partial charge in [-0.2, -0.15) is 0 Å². The van der Waals surface area contributed by atoms with Crippen molar-refractivity contribution in [3.05, 3.63) is 75.8 Å². The maximum Gasteiger partial charge on any atom is 0.264 e. The lowest BCUT2D eigenvalue weighted by Gasteiger charge is -2.11. The molecular weight excluding hydrogens is 507 g/mol.